The van der Waals surface area contributed by atoms with E-state index < -0.39 is 17.5 Å². The van der Waals surface area contributed by atoms with Crippen LogP contribution in [0.15, 0.2) is 6.07 Å². The normalized spacial score (nSPS) is 22.8. The third-order valence-corrected chi connectivity index (χ3v) is 5.24. The summed E-state index contributed by atoms with van der Waals surface area (Å²) in [4.78, 5) is 13.4. The van der Waals surface area contributed by atoms with Crippen molar-refractivity contribution in [1.29, 1.82) is 0 Å². The Morgan fingerprint density at radius 3 is 2.75 bits per heavy atom. The van der Waals surface area contributed by atoms with Gasteiger partial charge in [0.25, 0.3) is 0 Å². The van der Waals surface area contributed by atoms with Crippen LogP contribution in [0.5, 0.6) is 0 Å². The van der Waals surface area contributed by atoms with Gasteiger partial charge in [0, 0.05) is 15.2 Å². The molecule has 16 heavy (non-hydrogen) atoms. The molecule has 0 saturated heterocycles. The first kappa shape index (κ1) is 10.3. The number of thiophene rings is 1. The van der Waals surface area contributed by atoms with Crippen molar-refractivity contribution in [2.75, 3.05) is 0 Å². The fraction of sp³-hybridized carbons (Fsp3) is 0.583. The van der Waals surface area contributed by atoms with Gasteiger partial charge in [-0.3, -0.25) is 0 Å². The fourth-order valence-corrected chi connectivity index (χ4v) is 4.12. The Hall–Kier alpha value is -0.870. The van der Waals surface area contributed by atoms with Crippen LogP contribution in [-0.2, 0) is 23.1 Å². The zero-order valence-corrected chi connectivity index (χ0v) is 9.72. The molecule has 1 aromatic rings. The van der Waals surface area contributed by atoms with Crippen molar-refractivity contribution in [2.24, 2.45) is 0 Å². The largest absolute Gasteiger partial charge is 0.479 e. The van der Waals surface area contributed by atoms with E-state index in [9.17, 15) is 9.90 Å². The Morgan fingerprint density at radius 2 is 2.19 bits per heavy atom. The average Bonchev–Trinajstić information content (AvgIpc) is 2.75. The zero-order valence-electron chi connectivity index (χ0n) is 8.90. The number of hydrogen-bond donors (Lipinski definition) is 2. The van der Waals surface area contributed by atoms with Crippen molar-refractivity contribution < 1.29 is 15.0 Å². The van der Waals surface area contributed by atoms with E-state index in [1.165, 1.54) is 16.9 Å². The summed E-state index contributed by atoms with van der Waals surface area (Å²) in [6, 6.07) is 2.13. The maximum atomic E-state index is 10.9. The van der Waals surface area contributed by atoms with Gasteiger partial charge in [-0.2, -0.15) is 0 Å². The van der Waals surface area contributed by atoms with Gasteiger partial charge in [0.2, 0.25) is 0 Å². The lowest BCUT2D eigenvalue weighted by Crippen LogP contribution is -2.33. The molecule has 1 saturated carbocycles. The van der Waals surface area contributed by atoms with Crippen LogP contribution in [0, 0.1) is 0 Å². The predicted molar refractivity (Wildman–Crippen MR) is 60.9 cm³/mol. The molecule has 1 atom stereocenters. The number of carboxylic acid groups (broad SMARTS) is 1. The Balaban J connectivity index is 1.94. The number of carboxylic acids is 1. The van der Waals surface area contributed by atoms with Gasteiger partial charge in [-0.15, -0.1) is 11.3 Å². The number of aliphatic hydroxyl groups excluding tert-OH is 1. The highest BCUT2D eigenvalue weighted by Gasteiger charge is 2.54. The highest BCUT2D eigenvalue weighted by molar-refractivity contribution is 7.12. The number of hydrogen-bond acceptors (Lipinski definition) is 3. The van der Waals surface area contributed by atoms with Gasteiger partial charge in [0.1, 0.15) is 0 Å². The standard InChI is InChI=1S/C12H14O3S/c13-10(11(14)15)12(4-5-12)9-6-7-2-1-3-8(7)16-9/h6,10,13H,1-5H2,(H,14,15). The molecule has 1 aromatic heterocycles. The first-order valence-corrected chi connectivity index (χ1v) is 6.48. The lowest BCUT2D eigenvalue weighted by atomic mass is 9.96. The number of aliphatic hydroxyl groups is 1. The molecular formula is C12H14O3S. The first-order valence-electron chi connectivity index (χ1n) is 5.66. The van der Waals surface area contributed by atoms with Crippen LogP contribution in [0.4, 0.5) is 0 Å². The van der Waals surface area contributed by atoms with Gasteiger partial charge in [0.05, 0.1) is 0 Å². The molecule has 0 radical (unpaired) electrons. The summed E-state index contributed by atoms with van der Waals surface area (Å²) >= 11 is 1.71. The topological polar surface area (TPSA) is 57.5 Å². The third-order valence-electron chi connectivity index (χ3n) is 3.78. The lowest BCUT2D eigenvalue weighted by molar-refractivity contribution is -0.148. The van der Waals surface area contributed by atoms with Gasteiger partial charge < -0.3 is 10.2 Å². The molecule has 0 spiro atoms. The minimum absolute atomic E-state index is 0.458. The van der Waals surface area contributed by atoms with Gasteiger partial charge >= 0.3 is 5.97 Å². The molecule has 3 nitrogen and oxygen atoms in total. The Bertz CT molecular complexity index is 424. The molecule has 0 bridgehead atoms. The lowest BCUT2D eigenvalue weighted by Gasteiger charge is -2.16. The van der Waals surface area contributed by atoms with E-state index in [0.717, 1.165) is 30.6 Å². The summed E-state index contributed by atoms with van der Waals surface area (Å²) < 4.78 is 0. The van der Waals surface area contributed by atoms with Crippen LogP contribution in [0.3, 0.4) is 0 Å². The molecule has 3 rings (SSSR count). The number of carbonyl (C=O) groups is 1. The number of fused-ring (bicyclic) bond motifs is 1. The molecule has 1 heterocycles. The summed E-state index contributed by atoms with van der Waals surface area (Å²) in [5, 5.41) is 18.7. The van der Waals surface area contributed by atoms with Gasteiger partial charge in [-0.1, -0.05) is 0 Å². The predicted octanol–water partition coefficient (Wildman–Crippen LogP) is 1.71. The quantitative estimate of drug-likeness (QED) is 0.843. The molecular weight excluding hydrogens is 224 g/mol. The second-order valence-electron chi connectivity index (χ2n) is 4.81. The van der Waals surface area contributed by atoms with E-state index in [2.05, 4.69) is 6.07 Å². The minimum atomic E-state index is -1.23. The van der Waals surface area contributed by atoms with E-state index in [-0.39, 0.29) is 0 Å². The second-order valence-corrected chi connectivity index (χ2v) is 5.95. The van der Waals surface area contributed by atoms with Crippen LogP contribution >= 0.6 is 11.3 Å². The van der Waals surface area contributed by atoms with E-state index >= 15 is 0 Å². The molecule has 1 fully saturated rings. The SMILES string of the molecule is O=C(O)C(O)C1(c2cc3c(s2)CCC3)CC1. The number of aliphatic carboxylic acids is 1. The molecule has 0 aliphatic heterocycles. The van der Waals surface area contributed by atoms with Crippen molar-refractivity contribution in [2.45, 2.75) is 43.6 Å². The molecule has 2 N–H and O–H groups in total. The number of rotatable bonds is 3. The smallest absolute Gasteiger partial charge is 0.333 e. The summed E-state index contributed by atoms with van der Waals surface area (Å²) in [7, 11) is 0. The summed E-state index contributed by atoms with van der Waals surface area (Å²) in [6.45, 7) is 0. The maximum Gasteiger partial charge on any atom is 0.333 e. The molecule has 86 valence electrons. The Labute approximate surface area is 97.7 Å². The van der Waals surface area contributed by atoms with Gasteiger partial charge in [0.15, 0.2) is 6.10 Å². The van der Waals surface area contributed by atoms with Crippen molar-refractivity contribution in [3.05, 3.63) is 21.4 Å². The van der Waals surface area contributed by atoms with Crippen molar-refractivity contribution in [3.8, 4) is 0 Å². The van der Waals surface area contributed by atoms with Gasteiger partial charge in [-0.25, -0.2) is 4.79 Å². The molecule has 2 aliphatic carbocycles. The molecule has 2 aliphatic rings. The summed E-state index contributed by atoms with van der Waals surface area (Å²) in [5.74, 6) is -1.09. The monoisotopic (exact) mass is 238 g/mol. The molecule has 0 aromatic carbocycles. The molecule has 0 amide bonds. The Kier molecular flexibility index (Phi) is 2.13. The maximum absolute atomic E-state index is 10.9. The zero-order chi connectivity index (χ0) is 11.3. The van der Waals surface area contributed by atoms with Crippen molar-refractivity contribution >= 4 is 17.3 Å². The van der Waals surface area contributed by atoms with E-state index in [4.69, 9.17) is 5.11 Å². The summed E-state index contributed by atoms with van der Waals surface area (Å²) in [5.41, 5.74) is 0.921. The van der Waals surface area contributed by atoms with Crippen LogP contribution in [0.1, 0.15) is 34.6 Å². The first-order chi connectivity index (χ1) is 7.63. The third kappa shape index (κ3) is 1.33. The van der Waals surface area contributed by atoms with E-state index in [1.807, 2.05) is 0 Å². The Morgan fingerprint density at radius 1 is 1.44 bits per heavy atom. The van der Waals surface area contributed by atoms with E-state index in [0.29, 0.717) is 0 Å². The van der Waals surface area contributed by atoms with Crippen LogP contribution in [-0.4, -0.2) is 22.3 Å². The van der Waals surface area contributed by atoms with Crippen LogP contribution in [0.2, 0.25) is 0 Å². The highest BCUT2D eigenvalue weighted by atomic mass is 32.1. The second kappa shape index (κ2) is 3.31. The van der Waals surface area contributed by atoms with E-state index in [1.54, 1.807) is 11.3 Å². The van der Waals surface area contributed by atoms with Crippen LogP contribution < -0.4 is 0 Å². The van der Waals surface area contributed by atoms with Gasteiger partial charge in [-0.05, 0) is 43.7 Å². The van der Waals surface area contributed by atoms with Crippen LogP contribution in [0.25, 0.3) is 0 Å². The highest BCUT2D eigenvalue weighted by Crippen LogP contribution is 2.54. The fourth-order valence-electron chi connectivity index (χ4n) is 2.60. The average molecular weight is 238 g/mol. The number of aryl methyl sites for hydroxylation is 2. The minimum Gasteiger partial charge on any atom is -0.479 e. The van der Waals surface area contributed by atoms with Crippen molar-refractivity contribution in [3.63, 3.8) is 0 Å². The molecule has 1 unspecified atom stereocenters. The summed E-state index contributed by atoms with van der Waals surface area (Å²) in [6.07, 6.45) is 3.84. The molecule has 4 heteroatoms. The van der Waals surface area contributed by atoms with Crippen molar-refractivity contribution in [1.82, 2.24) is 0 Å².